The van der Waals surface area contributed by atoms with Crippen LogP contribution in [0.15, 0.2) is 53.6 Å². The lowest BCUT2D eigenvalue weighted by atomic mass is 10.1. The Bertz CT molecular complexity index is 1240. The van der Waals surface area contributed by atoms with Crippen molar-refractivity contribution in [2.24, 2.45) is 0 Å². The Morgan fingerprint density at radius 2 is 1.94 bits per heavy atom. The van der Waals surface area contributed by atoms with Gasteiger partial charge in [-0.3, -0.25) is 10.1 Å². The van der Waals surface area contributed by atoms with Gasteiger partial charge in [-0.15, -0.1) is 11.3 Å². The molecule has 3 aromatic rings. The lowest BCUT2D eigenvalue weighted by Crippen LogP contribution is -2.40. The molecule has 7 nitrogen and oxygen atoms in total. The molecule has 0 aliphatic carbocycles. The van der Waals surface area contributed by atoms with Crippen molar-refractivity contribution in [1.29, 1.82) is 0 Å². The number of amides is 1. The van der Waals surface area contributed by atoms with Crippen molar-refractivity contribution in [2.45, 2.75) is 11.3 Å². The lowest BCUT2D eigenvalue weighted by Gasteiger charge is -2.26. The molecule has 2 aromatic carbocycles. The van der Waals surface area contributed by atoms with Crippen molar-refractivity contribution >= 4 is 32.4 Å². The average molecular weight is 480 g/mol. The highest BCUT2D eigenvalue weighted by Gasteiger charge is 2.27. The molecule has 4 rings (SSSR count). The summed E-state index contributed by atoms with van der Waals surface area (Å²) in [7, 11) is -3.73. The highest BCUT2D eigenvalue weighted by atomic mass is 32.2. The summed E-state index contributed by atoms with van der Waals surface area (Å²) >= 11 is 1.15. The van der Waals surface area contributed by atoms with E-state index in [0.717, 1.165) is 17.4 Å². The Balaban J connectivity index is 1.46. The molecule has 0 atom stereocenters. The summed E-state index contributed by atoms with van der Waals surface area (Å²) in [6.45, 7) is 1.17. The monoisotopic (exact) mass is 479 g/mol. The molecule has 1 fully saturated rings. The quantitative estimate of drug-likeness (QED) is 0.586. The highest BCUT2D eigenvalue weighted by Crippen LogP contribution is 2.24. The largest absolute Gasteiger partial charge is 0.379 e. The number of anilines is 1. The van der Waals surface area contributed by atoms with Crippen molar-refractivity contribution in [3.05, 3.63) is 76.3 Å². The number of morpholine rings is 1. The van der Waals surface area contributed by atoms with Gasteiger partial charge in [0.05, 0.1) is 18.1 Å². The van der Waals surface area contributed by atoms with E-state index in [1.807, 2.05) is 0 Å². The van der Waals surface area contributed by atoms with E-state index in [1.165, 1.54) is 46.9 Å². The topological polar surface area (TPSA) is 88.6 Å². The molecule has 168 valence electrons. The average Bonchev–Trinajstić information content (AvgIpc) is 3.23. The van der Waals surface area contributed by atoms with Gasteiger partial charge in [-0.1, -0.05) is 12.1 Å². The van der Waals surface area contributed by atoms with Crippen LogP contribution >= 0.6 is 11.3 Å². The van der Waals surface area contributed by atoms with Crippen molar-refractivity contribution in [3.63, 3.8) is 0 Å². The zero-order chi connectivity index (χ0) is 22.7. The van der Waals surface area contributed by atoms with Crippen LogP contribution in [0.1, 0.15) is 20.8 Å². The number of ether oxygens (including phenoxy) is 1. The van der Waals surface area contributed by atoms with Crippen LogP contribution in [0.2, 0.25) is 0 Å². The third-order valence-corrected chi connectivity index (χ3v) is 7.67. The Hall–Kier alpha value is -2.73. The van der Waals surface area contributed by atoms with Crippen LogP contribution in [0.5, 0.6) is 0 Å². The van der Waals surface area contributed by atoms with Crippen molar-refractivity contribution < 1.29 is 26.7 Å². The SMILES string of the molecule is O=C(Nc1ncc(Cc2ccc(F)cc2F)s1)c1cccc(S(=O)(=O)N2CCOCC2)c1. The van der Waals surface area contributed by atoms with Gasteiger partial charge in [0, 0.05) is 42.2 Å². The summed E-state index contributed by atoms with van der Waals surface area (Å²) in [4.78, 5) is 17.5. The summed E-state index contributed by atoms with van der Waals surface area (Å²) in [6.07, 6.45) is 1.70. The number of hydrogen-bond donors (Lipinski definition) is 1. The second-order valence-corrected chi connectivity index (χ2v) is 10.1. The van der Waals surface area contributed by atoms with E-state index in [0.29, 0.717) is 23.7 Å². The van der Waals surface area contributed by atoms with E-state index < -0.39 is 27.6 Å². The minimum Gasteiger partial charge on any atom is -0.379 e. The van der Waals surface area contributed by atoms with Crippen LogP contribution in [-0.4, -0.2) is 49.9 Å². The van der Waals surface area contributed by atoms with Gasteiger partial charge in [-0.2, -0.15) is 4.31 Å². The fraction of sp³-hybridized carbons (Fsp3) is 0.238. The van der Waals surface area contributed by atoms with Gasteiger partial charge < -0.3 is 4.74 Å². The molecule has 0 unspecified atom stereocenters. The lowest BCUT2D eigenvalue weighted by molar-refractivity contribution is 0.0730. The number of carbonyl (C=O) groups is 1. The number of nitrogens with zero attached hydrogens (tertiary/aromatic N) is 2. The first-order valence-corrected chi connectivity index (χ1v) is 12.0. The summed E-state index contributed by atoms with van der Waals surface area (Å²) in [5.74, 6) is -1.82. The van der Waals surface area contributed by atoms with E-state index >= 15 is 0 Å². The van der Waals surface area contributed by atoms with Crippen LogP contribution in [0.3, 0.4) is 0 Å². The second kappa shape index (κ2) is 9.41. The fourth-order valence-electron chi connectivity index (χ4n) is 3.20. The van der Waals surface area contributed by atoms with Crippen LogP contribution in [0, 0.1) is 11.6 Å². The zero-order valence-electron chi connectivity index (χ0n) is 16.8. The maximum atomic E-state index is 13.9. The number of thiazole rings is 1. The summed E-state index contributed by atoms with van der Waals surface area (Å²) in [5, 5.41) is 2.92. The van der Waals surface area contributed by atoms with E-state index in [-0.39, 0.29) is 35.1 Å². The van der Waals surface area contributed by atoms with Crippen LogP contribution in [0.4, 0.5) is 13.9 Å². The van der Waals surface area contributed by atoms with Crippen LogP contribution in [0.25, 0.3) is 0 Å². The Kier molecular flexibility index (Phi) is 6.60. The summed E-state index contributed by atoms with van der Waals surface area (Å²) in [6, 6.07) is 9.14. The van der Waals surface area contributed by atoms with Gasteiger partial charge in [0.2, 0.25) is 10.0 Å². The van der Waals surface area contributed by atoms with Gasteiger partial charge >= 0.3 is 0 Å². The molecule has 11 heteroatoms. The molecular formula is C21H19F2N3O4S2. The van der Waals surface area contributed by atoms with Gasteiger partial charge in [-0.05, 0) is 29.8 Å². The number of benzene rings is 2. The Morgan fingerprint density at radius 3 is 2.69 bits per heavy atom. The normalized spacial score (nSPS) is 14.9. The fourth-order valence-corrected chi connectivity index (χ4v) is 5.49. The smallest absolute Gasteiger partial charge is 0.257 e. The maximum Gasteiger partial charge on any atom is 0.257 e. The van der Waals surface area contributed by atoms with Gasteiger partial charge in [0.25, 0.3) is 5.91 Å². The molecule has 1 aliphatic heterocycles. The number of halogens is 2. The summed E-state index contributed by atoms with van der Waals surface area (Å²) in [5.41, 5.74) is 0.481. The van der Waals surface area contributed by atoms with E-state index in [9.17, 15) is 22.0 Å². The third kappa shape index (κ3) is 5.01. The summed E-state index contributed by atoms with van der Waals surface area (Å²) < 4.78 is 59.1. The second-order valence-electron chi connectivity index (χ2n) is 7.04. The first kappa shape index (κ1) is 22.5. The number of nitrogens with one attached hydrogen (secondary N) is 1. The first-order valence-electron chi connectivity index (χ1n) is 9.71. The van der Waals surface area contributed by atoms with Crippen LogP contribution in [-0.2, 0) is 21.2 Å². The van der Waals surface area contributed by atoms with E-state index in [4.69, 9.17) is 4.74 Å². The minimum absolute atomic E-state index is 0.0265. The predicted molar refractivity (Wildman–Crippen MR) is 115 cm³/mol. The third-order valence-electron chi connectivity index (χ3n) is 4.86. The molecule has 1 aliphatic rings. The number of aromatic nitrogens is 1. The minimum atomic E-state index is -3.73. The number of rotatable bonds is 6. The first-order chi connectivity index (χ1) is 15.3. The molecule has 1 N–H and O–H groups in total. The molecule has 1 aromatic heterocycles. The number of sulfonamides is 1. The standard InChI is InChI=1S/C21H19F2N3O4S2/c22-16-5-4-14(19(23)12-16)10-17-13-24-21(31-17)25-20(27)15-2-1-3-18(11-15)32(28,29)26-6-8-30-9-7-26/h1-5,11-13H,6-10H2,(H,24,25,27). The van der Waals surface area contributed by atoms with Gasteiger partial charge in [-0.25, -0.2) is 22.2 Å². The number of carbonyl (C=O) groups excluding carboxylic acids is 1. The maximum absolute atomic E-state index is 13.9. The highest BCUT2D eigenvalue weighted by molar-refractivity contribution is 7.89. The molecule has 0 saturated carbocycles. The van der Waals surface area contributed by atoms with Gasteiger partial charge in [0.15, 0.2) is 5.13 Å². The van der Waals surface area contributed by atoms with Crippen molar-refractivity contribution in [2.75, 3.05) is 31.6 Å². The molecule has 1 amide bonds. The zero-order valence-corrected chi connectivity index (χ0v) is 18.4. The van der Waals surface area contributed by atoms with E-state index in [1.54, 1.807) is 0 Å². The van der Waals surface area contributed by atoms with E-state index in [2.05, 4.69) is 10.3 Å². The molecular weight excluding hydrogens is 460 g/mol. The molecule has 1 saturated heterocycles. The molecule has 0 spiro atoms. The number of hydrogen-bond acceptors (Lipinski definition) is 6. The molecule has 0 bridgehead atoms. The Labute approximate surface area is 187 Å². The molecule has 32 heavy (non-hydrogen) atoms. The van der Waals surface area contributed by atoms with Gasteiger partial charge in [0.1, 0.15) is 11.6 Å². The molecule has 2 heterocycles. The van der Waals surface area contributed by atoms with Crippen molar-refractivity contribution in [1.82, 2.24) is 9.29 Å². The Morgan fingerprint density at radius 1 is 1.16 bits per heavy atom. The molecule has 0 radical (unpaired) electrons. The predicted octanol–water partition coefficient (Wildman–Crippen LogP) is 3.29. The van der Waals surface area contributed by atoms with Crippen molar-refractivity contribution in [3.8, 4) is 0 Å². The van der Waals surface area contributed by atoms with Crippen LogP contribution < -0.4 is 5.32 Å².